The molecule has 6 heteroatoms. The highest BCUT2D eigenvalue weighted by Crippen LogP contribution is 2.35. The fourth-order valence-electron chi connectivity index (χ4n) is 3.61. The molecule has 2 aromatic rings. The first kappa shape index (κ1) is 22.2. The van der Waals surface area contributed by atoms with Gasteiger partial charge in [-0.25, -0.2) is 4.79 Å². The summed E-state index contributed by atoms with van der Waals surface area (Å²) in [7, 11) is 2.87. The molecule has 0 spiro atoms. The molecule has 0 fully saturated rings. The van der Waals surface area contributed by atoms with Crippen LogP contribution in [0.4, 0.5) is 0 Å². The van der Waals surface area contributed by atoms with Crippen LogP contribution in [0.5, 0.6) is 11.5 Å². The minimum Gasteiger partial charge on any atom is -0.493 e. The first-order valence-corrected chi connectivity index (χ1v) is 10.1. The number of carbonyl (C=O) groups excluding carboxylic acids is 2. The Morgan fingerprint density at radius 2 is 1.77 bits per heavy atom. The lowest BCUT2D eigenvalue weighted by Gasteiger charge is -2.22. The molecule has 1 heterocycles. The van der Waals surface area contributed by atoms with Crippen molar-refractivity contribution < 1.29 is 23.8 Å². The number of hydrogen-bond acceptors (Lipinski definition) is 5. The van der Waals surface area contributed by atoms with Crippen molar-refractivity contribution in [2.45, 2.75) is 33.4 Å². The van der Waals surface area contributed by atoms with E-state index in [2.05, 4.69) is 0 Å². The summed E-state index contributed by atoms with van der Waals surface area (Å²) in [6.45, 7) is 5.97. The molecular formula is C25H27NO5. The highest BCUT2D eigenvalue weighted by atomic mass is 16.5. The van der Waals surface area contributed by atoms with Gasteiger partial charge in [0, 0.05) is 11.7 Å². The second-order valence-electron chi connectivity index (χ2n) is 7.46. The molecule has 0 radical (unpaired) electrons. The van der Waals surface area contributed by atoms with E-state index < -0.39 is 5.97 Å². The summed E-state index contributed by atoms with van der Waals surface area (Å²) in [5.74, 6) is 0.373. The number of ether oxygens (including phenoxy) is 3. The topological polar surface area (TPSA) is 65.1 Å². The second-order valence-corrected chi connectivity index (χ2v) is 7.46. The molecule has 0 aliphatic carbocycles. The Morgan fingerprint density at radius 3 is 2.39 bits per heavy atom. The molecule has 0 bridgehead atoms. The van der Waals surface area contributed by atoms with Gasteiger partial charge in [-0.1, -0.05) is 36.4 Å². The molecule has 162 valence electrons. The summed E-state index contributed by atoms with van der Waals surface area (Å²) < 4.78 is 16.3. The Bertz CT molecular complexity index is 1040. The highest BCUT2D eigenvalue weighted by molar-refractivity contribution is 6.16. The van der Waals surface area contributed by atoms with E-state index in [-0.39, 0.29) is 17.5 Å². The van der Waals surface area contributed by atoms with Crippen LogP contribution < -0.4 is 9.47 Å². The third-order valence-electron chi connectivity index (χ3n) is 5.08. The van der Waals surface area contributed by atoms with E-state index in [1.807, 2.05) is 50.2 Å². The number of esters is 1. The van der Waals surface area contributed by atoms with Gasteiger partial charge in [0.2, 0.25) is 0 Å². The predicted octanol–water partition coefficient (Wildman–Crippen LogP) is 4.36. The SMILES string of the molecule is COC(=O)C1=C(C)N(C(C)C)C(=O)/C1=C\c1ccc(OCc2ccccc2)c(OC)c1. The Labute approximate surface area is 182 Å². The van der Waals surface area contributed by atoms with E-state index in [0.717, 1.165) is 5.56 Å². The first-order valence-electron chi connectivity index (χ1n) is 10.1. The molecule has 0 saturated heterocycles. The van der Waals surface area contributed by atoms with Crippen molar-refractivity contribution in [2.75, 3.05) is 14.2 Å². The Balaban J connectivity index is 1.93. The summed E-state index contributed by atoms with van der Waals surface area (Å²) in [4.78, 5) is 27.0. The molecule has 1 amide bonds. The number of hydrogen-bond donors (Lipinski definition) is 0. The lowest BCUT2D eigenvalue weighted by atomic mass is 10.0. The summed E-state index contributed by atoms with van der Waals surface area (Å²) in [6, 6.07) is 15.2. The van der Waals surface area contributed by atoms with Gasteiger partial charge >= 0.3 is 5.97 Å². The molecule has 3 rings (SSSR count). The van der Waals surface area contributed by atoms with E-state index in [1.54, 1.807) is 37.1 Å². The zero-order chi connectivity index (χ0) is 22.5. The number of methoxy groups -OCH3 is 2. The second kappa shape index (κ2) is 9.51. The van der Waals surface area contributed by atoms with Crippen LogP contribution in [-0.4, -0.2) is 37.0 Å². The minimum absolute atomic E-state index is 0.0821. The maximum absolute atomic E-state index is 13.0. The smallest absolute Gasteiger partial charge is 0.340 e. The van der Waals surface area contributed by atoms with Crippen LogP contribution in [0.25, 0.3) is 6.08 Å². The van der Waals surface area contributed by atoms with E-state index in [4.69, 9.17) is 14.2 Å². The average molecular weight is 421 g/mol. The molecule has 0 aromatic heterocycles. The number of benzene rings is 2. The molecule has 1 aliphatic heterocycles. The molecule has 1 aliphatic rings. The van der Waals surface area contributed by atoms with Crippen molar-refractivity contribution in [3.8, 4) is 11.5 Å². The van der Waals surface area contributed by atoms with Crippen LogP contribution in [0, 0.1) is 0 Å². The summed E-state index contributed by atoms with van der Waals surface area (Å²) in [5, 5.41) is 0. The van der Waals surface area contributed by atoms with Gasteiger partial charge in [0.25, 0.3) is 5.91 Å². The summed E-state index contributed by atoms with van der Waals surface area (Å²) in [5.41, 5.74) is 2.94. The molecule has 0 unspecified atom stereocenters. The fourth-order valence-corrected chi connectivity index (χ4v) is 3.61. The van der Waals surface area contributed by atoms with E-state index >= 15 is 0 Å². The third kappa shape index (κ3) is 4.63. The van der Waals surface area contributed by atoms with Crippen LogP contribution in [0.3, 0.4) is 0 Å². The Kier molecular flexibility index (Phi) is 6.80. The zero-order valence-corrected chi connectivity index (χ0v) is 18.5. The van der Waals surface area contributed by atoms with Gasteiger partial charge in [0.15, 0.2) is 11.5 Å². The zero-order valence-electron chi connectivity index (χ0n) is 18.5. The number of rotatable bonds is 7. The standard InChI is InChI=1S/C25H27NO5/c1-16(2)26-17(3)23(25(28)30-5)20(24(26)27)13-19-11-12-21(22(14-19)29-4)31-15-18-9-7-6-8-10-18/h6-14,16H,15H2,1-5H3/b20-13-. The van der Waals surface area contributed by atoms with Crippen molar-refractivity contribution in [2.24, 2.45) is 0 Å². The van der Waals surface area contributed by atoms with Crippen molar-refractivity contribution >= 4 is 18.0 Å². The normalized spacial score (nSPS) is 15.1. The molecule has 6 nitrogen and oxygen atoms in total. The monoisotopic (exact) mass is 421 g/mol. The van der Waals surface area contributed by atoms with Gasteiger partial charge in [-0.2, -0.15) is 0 Å². The van der Waals surface area contributed by atoms with E-state index in [1.165, 1.54) is 7.11 Å². The van der Waals surface area contributed by atoms with Gasteiger partial charge in [-0.15, -0.1) is 0 Å². The van der Waals surface area contributed by atoms with Crippen molar-refractivity contribution in [1.29, 1.82) is 0 Å². The Morgan fingerprint density at radius 1 is 1.06 bits per heavy atom. The average Bonchev–Trinajstić information content (AvgIpc) is 3.02. The van der Waals surface area contributed by atoms with E-state index in [0.29, 0.717) is 34.9 Å². The van der Waals surface area contributed by atoms with Crippen molar-refractivity contribution in [1.82, 2.24) is 4.90 Å². The molecule has 31 heavy (non-hydrogen) atoms. The summed E-state index contributed by atoms with van der Waals surface area (Å²) >= 11 is 0. The molecule has 2 aromatic carbocycles. The third-order valence-corrected chi connectivity index (χ3v) is 5.08. The molecule has 0 saturated carbocycles. The lowest BCUT2D eigenvalue weighted by molar-refractivity contribution is -0.136. The first-order chi connectivity index (χ1) is 14.9. The van der Waals surface area contributed by atoms with Gasteiger partial charge in [0.1, 0.15) is 6.61 Å². The van der Waals surface area contributed by atoms with Gasteiger partial charge in [-0.05, 0) is 50.1 Å². The molecular weight excluding hydrogens is 394 g/mol. The largest absolute Gasteiger partial charge is 0.493 e. The maximum atomic E-state index is 13.0. The quantitative estimate of drug-likeness (QED) is 0.491. The lowest BCUT2D eigenvalue weighted by Crippen LogP contribution is -2.31. The van der Waals surface area contributed by atoms with Crippen LogP contribution >= 0.6 is 0 Å². The van der Waals surface area contributed by atoms with Crippen LogP contribution in [0.15, 0.2) is 65.4 Å². The molecule has 0 atom stereocenters. The number of allylic oxidation sites excluding steroid dienone is 1. The number of amides is 1. The summed E-state index contributed by atoms with van der Waals surface area (Å²) in [6.07, 6.45) is 1.68. The molecule has 0 N–H and O–H groups in total. The van der Waals surface area contributed by atoms with Crippen LogP contribution in [-0.2, 0) is 20.9 Å². The minimum atomic E-state index is -0.532. The van der Waals surface area contributed by atoms with Gasteiger partial charge in [0.05, 0.1) is 25.4 Å². The van der Waals surface area contributed by atoms with Crippen molar-refractivity contribution in [3.05, 3.63) is 76.5 Å². The fraction of sp³-hybridized carbons (Fsp3) is 0.280. The maximum Gasteiger partial charge on any atom is 0.340 e. The van der Waals surface area contributed by atoms with Crippen LogP contribution in [0.1, 0.15) is 31.9 Å². The number of carbonyl (C=O) groups is 2. The predicted molar refractivity (Wildman–Crippen MR) is 118 cm³/mol. The van der Waals surface area contributed by atoms with Gasteiger partial charge in [-0.3, -0.25) is 4.79 Å². The van der Waals surface area contributed by atoms with E-state index in [9.17, 15) is 9.59 Å². The van der Waals surface area contributed by atoms with Gasteiger partial charge < -0.3 is 19.1 Å². The van der Waals surface area contributed by atoms with Crippen molar-refractivity contribution in [3.63, 3.8) is 0 Å². The van der Waals surface area contributed by atoms with Crippen LogP contribution in [0.2, 0.25) is 0 Å². The highest BCUT2D eigenvalue weighted by Gasteiger charge is 2.38. The Hall–Kier alpha value is -3.54. The number of nitrogens with zero attached hydrogens (tertiary/aromatic N) is 1.